The molecule has 0 aliphatic carbocycles. The largest absolute Gasteiger partial charge is 0.322 e. The lowest BCUT2D eigenvalue weighted by atomic mass is 9.94. The Morgan fingerprint density at radius 3 is 2.58 bits per heavy atom. The van der Waals surface area contributed by atoms with Crippen LogP contribution in [-0.4, -0.2) is 18.4 Å². The lowest BCUT2D eigenvalue weighted by Crippen LogP contribution is -2.38. The van der Waals surface area contributed by atoms with Gasteiger partial charge in [-0.05, 0) is 42.3 Å². The smallest absolute Gasteiger partial charge is 0.260 e. The van der Waals surface area contributed by atoms with Crippen LogP contribution in [-0.2, 0) is 11.2 Å². The molecule has 2 amide bonds. The summed E-state index contributed by atoms with van der Waals surface area (Å²) in [6.45, 7) is 6.28. The molecule has 0 radical (unpaired) electrons. The zero-order valence-corrected chi connectivity index (χ0v) is 15.7. The highest BCUT2D eigenvalue weighted by Crippen LogP contribution is 2.34. The molecule has 26 heavy (non-hydrogen) atoms. The maximum absolute atomic E-state index is 13.9. The van der Waals surface area contributed by atoms with Crippen molar-refractivity contribution in [1.29, 1.82) is 0 Å². The van der Waals surface area contributed by atoms with Crippen molar-refractivity contribution in [3.63, 3.8) is 0 Å². The molecule has 1 heterocycles. The molecule has 0 spiro atoms. The van der Waals surface area contributed by atoms with Crippen molar-refractivity contribution in [1.82, 2.24) is 0 Å². The Morgan fingerprint density at radius 2 is 1.92 bits per heavy atom. The predicted octanol–water partition coefficient (Wildman–Crippen LogP) is 4.67. The van der Waals surface area contributed by atoms with Gasteiger partial charge in [-0.1, -0.05) is 38.4 Å². The number of anilines is 2. The average molecular weight is 375 g/mol. The summed E-state index contributed by atoms with van der Waals surface area (Å²) in [6, 6.07) is 9.45. The summed E-state index contributed by atoms with van der Waals surface area (Å²) in [4.78, 5) is 26.7. The van der Waals surface area contributed by atoms with Gasteiger partial charge >= 0.3 is 0 Å². The first-order valence-corrected chi connectivity index (χ1v) is 8.76. The molecule has 0 saturated heterocycles. The number of rotatable bonds is 2. The van der Waals surface area contributed by atoms with Crippen LogP contribution in [0.1, 0.15) is 36.7 Å². The van der Waals surface area contributed by atoms with E-state index in [4.69, 9.17) is 11.6 Å². The molecule has 1 aliphatic rings. The zero-order chi connectivity index (χ0) is 19.1. The topological polar surface area (TPSA) is 49.4 Å². The Morgan fingerprint density at radius 1 is 1.19 bits per heavy atom. The molecule has 136 valence electrons. The monoisotopic (exact) mass is 374 g/mol. The fourth-order valence-corrected chi connectivity index (χ4v) is 3.25. The highest BCUT2D eigenvalue weighted by molar-refractivity contribution is 6.34. The van der Waals surface area contributed by atoms with Crippen molar-refractivity contribution in [2.24, 2.45) is 5.41 Å². The Labute approximate surface area is 157 Å². The SMILES string of the molecule is CC(C)(C)C(=O)N1CCc2cc(NC(=O)c3c(F)cccc3Cl)ccc21. The van der Waals surface area contributed by atoms with Crippen LogP contribution in [0.3, 0.4) is 0 Å². The number of hydrogen-bond acceptors (Lipinski definition) is 2. The molecule has 4 nitrogen and oxygen atoms in total. The first kappa shape index (κ1) is 18.4. The summed E-state index contributed by atoms with van der Waals surface area (Å²) in [5.74, 6) is -1.21. The molecule has 2 aromatic carbocycles. The van der Waals surface area contributed by atoms with Crippen LogP contribution in [0.25, 0.3) is 0 Å². The van der Waals surface area contributed by atoms with Crippen molar-refractivity contribution in [2.75, 3.05) is 16.8 Å². The number of nitrogens with one attached hydrogen (secondary N) is 1. The molecule has 0 saturated carbocycles. The van der Waals surface area contributed by atoms with E-state index in [9.17, 15) is 14.0 Å². The second-order valence-electron chi connectivity index (χ2n) is 7.35. The van der Waals surface area contributed by atoms with Crippen LogP contribution in [0.4, 0.5) is 15.8 Å². The molecule has 6 heteroatoms. The van der Waals surface area contributed by atoms with Crippen LogP contribution < -0.4 is 10.2 Å². The first-order chi connectivity index (χ1) is 12.2. The second-order valence-corrected chi connectivity index (χ2v) is 7.76. The number of benzene rings is 2. The molecule has 3 rings (SSSR count). The lowest BCUT2D eigenvalue weighted by Gasteiger charge is -2.26. The number of halogens is 2. The van der Waals surface area contributed by atoms with Gasteiger partial charge in [0.2, 0.25) is 5.91 Å². The molecule has 2 aromatic rings. The van der Waals surface area contributed by atoms with Gasteiger partial charge < -0.3 is 10.2 Å². The summed E-state index contributed by atoms with van der Waals surface area (Å²) >= 11 is 5.94. The Bertz CT molecular complexity index is 870. The minimum Gasteiger partial charge on any atom is -0.322 e. The van der Waals surface area contributed by atoms with E-state index < -0.39 is 17.1 Å². The summed E-state index contributed by atoms with van der Waals surface area (Å²) in [7, 11) is 0. The van der Waals surface area contributed by atoms with Crippen LogP contribution in [0.5, 0.6) is 0 Å². The van der Waals surface area contributed by atoms with E-state index in [2.05, 4.69) is 5.32 Å². The Kier molecular flexibility index (Phi) is 4.76. The molecule has 1 aliphatic heterocycles. The number of carbonyl (C=O) groups is 2. The van der Waals surface area contributed by atoms with Gasteiger partial charge in [0.15, 0.2) is 0 Å². The van der Waals surface area contributed by atoms with Gasteiger partial charge in [-0.25, -0.2) is 4.39 Å². The van der Waals surface area contributed by atoms with Gasteiger partial charge in [0.1, 0.15) is 5.82 Å². The van der Waals surface area contributed by atoms with Gasteiger partial charge in [0.25, 0.3) is 5.91 Å². The fraction of sp³-hybridized carbons (Fsp3) is 0.300. The van der Waals surface area contributed by atoms with E-state index >= 15 is 0 Å². The normalized spacial score (nSPS) is 13.5. The highest BCUT2D eigenvalue weighted by atomic mass is 35.5. The van der Waals surface area contributed by atoms with Crippen LogP contribution in [0.15, 0.2) is 36.4 Å². The van der Waals surface area contributed by atoms with Crippen molar-refractivity contribution in [3.8, 4) is 0 Å². The second kappa shape index (κ2) is 6.72. The highest BCUT2D eigenvalue weighted by Gasteiger charge is 2.32. The summed E-state index contributed by atoms with van der Waals surface area (Å²) in [6.07, 6.45) is 0.710. The number of hydrogen-bond donors (Lipinski definition) is 1. The fourth-order valence-electron chi connectivity index (χ4n) is 3.00. The Balaban J connectivity index is 1.83. The van der Waals surface area contributed by atoms with Gasteiger partial charge in [-0.2, -0.15) is 0 Å². The molecular weight excluding hydrogens is 355 g/mol. The number of fused-ring (bicyclic) bond motifs is 1. The maximum Gasteiger partial charge on any atom is 0.260 e. The molecule has 0 bridgehead atoms. The third-order valence-corrected chi connectivity index (χ3v) is 4.62. The van der Waals surface area contributed by atoms with E-state index in [1.807, 2.05) is 32.9 Å². The van der Waals surface area contributed by atoms with Crippen molar-refractivity contribution < 1.29 is 14.0 Å². The van der Waals surface area contributed by atoms with E-state index in [1.54, 1.807) is 11.0 Å². The lowest BCUT2D eigenvalue weighted by molar-refractivity contribution is -0.125. The van der Waals surface area contributed by atoms with E-state index in [1.165, 1.54) is 18.2 Å². The third kappa shape index (κ3) is 3.44. The predicted molar refractivity (Wildman–Crippen MR) is 101 cm³/mol. The molecular formula is C20H20ClFN2O2. The summed E-state index contributed by atoms with van der Waals surface area (Å²) in [5, 5.41) is 2.74. The van der Waals surface area contributed by atoms with E-state index in [0.29, 0.717) is 18.7 Å². The molecule has 0 atom stereocenters. The number of nitrogens with zero attached hydrogens (tertiary/aromatic N) is 1. The van der Waals surface area contributed by atoms with Crippen LogP contribution in [0, 0.1) is 11.2 Å². The minimum absolute atomic E-state index is 0.0607. The molecule has 0 unspecified atom stereocenters. The quantitative estimate of drug-likeness (QED) is 0.830. The van der Waals surface area contributed by atoms with E-state index in [-0.39, 0.29) is 16.5 Å². The Hall–Kier alpha value is -2.40. The van der Waals surface area contributed by atoms with Crippen molar-refractivity contribution in [2.45, 2.75) is 27.2 Å². The zero-order valence-electron chi connectivity index (χ0n) is 14.9. The van der Waals surface area contributed by atoms with Crippen molar-refractivity contribution in [3.05, 3.63) is 58.4 Å². The average Bonchev–Trinajstić information content (AvgIpc) is 2.96. The van der Waals surface area contributed by atoms with Gasteiger partial charge in [0.05, 0.1) is 10.6 Å². The van der Waals surface area contributed by atoms with Crippen LogP contribution in [0.2, 0.25) is 5.02 Å². The van der Waals surface area contributed by atoms with Gasteiger partial charge in [-0.3, -0.25) is 9.59 Å². The first-order valence-electron chi connectivity index (χ1n) is 8.39. The van der Waals surface area contributed by atoms with Crippen LogP contribution >= 0.6 is 11.6 Å². The third-order valence-electron chi connectivity index (χ3n) is 4.31. The molecule has 0 fully saturated rings. The maximum atomic E-state index is 13.9. The number of amides is 2. The summed E-state index contributed by atoms with van der Waals surface area (Å²) < 4.78 is 13.9. The standard InChI is InChI=1S/C20H20ClFN2O2/c1-20(2,3)19(26)24-10-9-12-11-13(7-8-16(12)24)23-18(25)17-14(21)5-4-6-15(17)22/h4-8,11H,9-10H2,1-3H3,(H,23,25). The van der Waals surface area contributed by atoms with Gasteiger partial charge in [-0.15, -0.1) is 0 Å². The number of carbonyl (C=O) groups excluding carboxylic acids is 2. The minimum atomic E-state index is -0.668. The van der Waals surface area contributed by atoms with Crippen molar-refractivity contribution >= 4 is 34.8 Å². The molecule has 0 aromatic heterocycles. The van der Waals surface area contributed by atoms with Gasteiger partial charge in [0, 0.05) is 23.3 Å². The van der Waals surface area contributed by atoms with E-state index in [0.717, 1.165) is 11.3 Å². The summed E-state index contributed by atoms with van der Waals surface area (Å²) in [5.41, 5.74) is 1.72. The molecule has 1 N–H and O–H groups in total.